The Labute approximate surface area is 113 Å². The van der Waals surface area contributed by atoms with Crippen molar-refractivity contribution in [2.75, 3.05) is 5.32 Å². The van der Waals surface area contributed by atoms with Crippen LogP contribution in [0.5, 0.6) is 0 Å². The van der Waals surface area contributed by atoms with E-state index < -0.39 is 5.91 Å². The number of rotatable bonds is 2. The van der Waals surface area contributed by atoms with E-state index in [9.17, 15) is 4.79 Å². The quantitative estimate of drug-likeness (QED) is 0.920. The highest BCUT2D eigenvalue weighted by Gasteiger charge is 2.13. The van der Waals surface area contributed by atoms with Crippen molar-refractivity contribution in [3.8, 4) is 0 Å². The van der Waals surface area contributed by atoms with Crippen molar-refractivity contribution in [1.29, 1.82) is 0 Å². The summed E-state index contributed by atoms with van der Waals surface area (Å²) in [4.78, 5) is 16.0. The molecule has 0 aliphatic carbocycles. The average molecular weight is 283 g/mol. The number of hydrogen-bond acceptors (Lipinski definition) is 4. The van der Waals surface area contributed by atoms with Gasteiger partial charge in [-0.2, -0.15) is 0 Å². The number of carbonyl (C=O) groups excluding carboxylic acids is 1. The number of nitrogens with zero attached hydrogens (tertiary/aromatic N) is 3. The zero-order valence-electron chi connectivity index (χ0n) is 9.32. The molecule has 1 N–H and O–H groups in total. The first-order chi connectivity index (χ1) is 8.56. The Balaban J connectivity index is 2.21. The molecular formula is C11H8Cl2N4O. The molecule has 0 aliphatic rings. The molecule has 0 aromatic carbocycles. The molecule has 0 fully saturated rings. The number of aryl methyl sites for hydroxylation is 1. The minimum atomic E-state index is -0.414. The summed E-state index contributed by atoms with van der Waals surface area (Å²) in [5.74, 6) is -0.414. The molecular weight excluding hydrogens is 275 g/mol. The topological polar surface area (TPSA) is 67.8 Å². The van der Waals surface area contributed by atoms with Gasteiger partial charge in [0.25, 0.3) is 5.91 Å². The van der Waals surface area contributed by atoms with Gasteiger partial charge < -0.3 is 5.32 Å². The number of nitrogens with one attached hydrogen (secondary N) is 1. The highest BCUT2D eigenvalue weighted by atomic mass is 35.5. The first-order valence-electron chi connectivity index (χ1n) is 4.99. The Morgan fingerprint density at radius 1 is 1.28 bits per heavy atom. The van der Waals surface area contributed by atoms with Gasteiger partial charge in [-0.1, -0.05) is 23.2 Å². The molecule has 7 heteroatoms. The average Bonchev–Trinajstić information content (AvgIpc) is 2.35. The zero-order valence-corrected chi connectivity index (χ0v) is 10.8. The summed E-state index contributed by atoms with van der Waals surface area (Å²) in [5.41, 5.74) is 1.59. The lowest BCUT2D eigenvalue weighted by molar-refractivity contribution is 0.102. The number of pyridine rings is 1. The molecule has 0 spiro atoms. The molecule has 2 aromatic heterocycles. The monoisotopic (exact) mass is 282 g/mol. The maximum atomic E-state index is 11.9. The van der Waals surface area contributed by atoms with Crippen molar-refractivity contribution in [2.24, 2.45) is 0 Å². The van der Waals surface area contributed by atoms with E-state index in [1.54, 1.807) is 18.3 Å². The summed E-state index contributed by atoms with van der Waals surface area (Å²) >= 11 is 11.4. The Kier molecular flexibility index (Phi) is 3.74. The van der Waals surface area contributed by atoms with E-state index >= 15 is 0 Å². The van der Waals surface area contributed by atoms with Crippen LogP contribution in [0.3, 0.4) is 0 Å². The number of hydrogen-bond donors (Lipinski definition) is 1. The Bertz CT molecular complexity index is 586. The maximum absolute atomic E-state index is 11.9. The van der Waals surface area contributed by atoms with Gasteiger partial charge in [-0.05, 0) is 25.1 Å². The lowest BCUT2D eigenvalue weighted by atomic mass is 10.3. The molecule has 0 unspecified atom stereocenters. The molecule has 18 heavy (non-hydrogen) atoms. The van der Waals surface area contributed by atoms with E-state index in [-0.39, 0.29) is 15.9 Å². The minimum absolute atomic E-state index is 0.00280. The van der Waals surface area contributed by atoms with Crippen molar-refractivity contribution >= 4 is 34.8 Å². The maximum Gasteiger partial charge on any atom is 0.259 e. The second-order valence-electron chi connectivity index (χ2n) is 3.51. The molecule has 2 rings (SSSR count). The third kappa shape index (κ3) is 2.94. The van der Waals surface area contributed by atoms with Crippen LogP contribution in [0.15, 0.2) is 24.4 Å². The van der Waals surface area contributed by atoms with Crippen LogP contribution in [0.4, 0.5) is 5.69 Å². The minimum Gasteiger partial charge on any atom is -0.320 e. The third-order valence-corrected chi connectivity index (χ3v) is 2.60. The van der Waals surface area contributed by atoms with Crippen molar-refractivity contribution in [3.05, 3.63) is 46.0 Å². The van der Waals surface area contributed by atoms with Crippen LogP contribution in [0, 0.1) is 6.92 Å². The highest BCUT2D eigenvalue weighted by molar-refractivity contribution is 6.34. The van der Waals surface area contributed by atoms with Gasteiger partial charge in [-0.15, -0.1) is 10.2 Å². The molecule has 0 saturated heterocycles. The van der Waals surface area contributed by atoms with Crippen molar-refractivity contribution in [3.63, 3.8) is 0 Å². The van der Waals surface area contributed by atoms with E-state index in [4.69, 9.17) is 23.2 Å². The number of halogens is 2. The predicted molar refractivity (Wildman–Crippen MR) is 69.0 cm³/mol. The van der Waals surface area contributed by atoms with E-state index in [2.05, 4.69) is 20.5 Å². The van der Waals surface area contributed by atoms with E-state index in [0.29, 0.717) is 5.69 Å². The fraction of sp³-hybridized carbons (Fsp3) is 0.0909. The lowest BCUT2D eigenvalue weighted by Crippen LogP contribution is -2.13. The fourth-order valence-electron chi connectivity index (χ4n) is 1.25. The summed E-state index contributed by atoms with van der Waals surface area (Å²) in [7, 11) is 0. The second-order valence-corrected chi connectivity index (χ2v) is 4.26. The van der Waals surface area contributed by atoms with E-state index in [0.717, 1.165) is 5.69 Å². The summed E-state index contributed by atoms with van der Waals surface area (Å²) in [5, 5.41) is 9.84. The highest BCUT2D eigenvalue weighted by Crippen LogP contribution is 2.17. The summed E-state index contributed by atoms with van der Waals surface area (Å²) in [6.45, 7) is 1.86. The first kappa shape index (κ1) is 12.7. The second kappa shape index (κ2) is 5.29. The summed E-state index contributed by atoms with van der Waals surface area (Å²) < 4.78 is 0. The SMILES string of the molecule is Cc1ccc(NC(=O)c2cc(Cl)nnc2Cl)cn1. The van der Waals surface area contributed by atoms with E-state index in [1.807, 2.05) is 6.92 Å². The molecule has 2 heterocycles. The number of anilines is 1. The third-order valence-electron chi connectivity index (χ3n) is 2.13. The van der Waals surface area contributed by atoms with Crippen LogP contribution in [-0.4, -0.2) is 21.1 Å². The molecule has 0 bridgehead atoms. The van der Waals surface area contributed by atoms with Crippen LogP contribution in [-0.2, 0) is 0 Å². The lowest BCUT2D eigenvalue weighted by Gasteiger charge is -2.05. The van der Waals surface area contributed by atoms with Crippen molar-refractivity contribution in [1.82, 2.24) is 15.2 Å². The molecule has 0 saturated carbocycles. The standard InChI is InChI=1S/C11H8Cl2N4O/c1-6-2-3-7(5-14-6)15-11(18)8-4-9(12)16-17-10(8)13/h2-5H,1H3,(H,15,18). The number of aromatic nitrogens is 3. The molecule has 0 radical (unpaired) electrons. The smallest absolute Gasteiger partial charge is 0.259 e. The van der Waals surface area contributed by atoms with Gasteiger partial charge in [0.2, 0.25) is 0 Å². The summed E-state index contributed by atoms with van der Waals surface area (Å²) in [6.07, 6.45) is 1.55. The van der Waals surface area contributed by atoms with Crippen LogP contribution in [0.1, 0.15) is 16.1 Å². The Morgan fingerprint density at radius 2 is 2.06 bits per heavy atom. The van der Waals surface area contributed by atoms with Crippen LogP contribution in [0.2, 0.25) is 10.3 Å². The van der Waals surface area contributed by atoms with Gasteiger partial charge in [-0.25, -0.2) is 0 Å². The molecule has 92 valence electrons. The molecule has 1 amide bonds. The number of amides is 1. The number of carbonyl (C=O) groups is 1. The van der Waals surface area contributed by atoms with Crippen LogP contribution in [0.25, 0.3) is 0 Å². The van der Waals surface area contributed by atoms with Crippen molar-refractivity contribution in [2.45, 2.75) is 6.92 Å². The Hall–Kier alpha value is -1.72. The van der Waals surface area contributed by atoms with Gasteiger partial charge in [0, 0.05) is 5.69 Å². The predicted octanol–water partition coefficient (Wildman–Crippen LogP) is 2.74. The van der Waals surface area contributed by atoms with Gasteiger partial charge >= 0.3 is 0 Å². The van der Waals surface area contributed by atoms with Gasteiger partial charge in [0.05, 0.1) is 17.4 Å². The zero-order chi connectivity index (χ0) is 13.1. The van der Waals surface area contributed by atoms with Crippen molar-refractivity contribution < 1.29 is 4.79 Å². The fourth-order valence-corrected chi connectivity index (χ4v) is 1.58. The molecule has 0 atom stereocenters. The molecule has 2 aromatic rings. The summed E-state index contributed by atoms with van der Waals surface area (Å²) in [6, 6.07) is 4.88. The Morgan fingerprint density at radius 3 is 2.72 bits per heavy atom. The largest absolute Gasteiger partial charge is 0.320 e. The normalized spacial score (nSPS) is 10.2. The van der Waals surface area contributed by atoms with Crippen LogP contribution < -0.4 is 5.32 Å². The van der Waals surface area contributed by atoms with Gasteiger partial charge in [0.1, 0.15) is 0 Å². The molecule has 0 aliphatic heterocycles. The van der Waals surface area contributed by atoms with Gasteiger partial charge in [0.15, 0.2) is 10.3 Å². The van der Waals surface area contributed by atoms with Gasteiger partial charge in [-0.3, -0.25) is 9.78 Å². The van der Waals surface area contributed by atoms with E-state index in [1.165, 1.54) is 6.07 Å². The van der Waals surface area contributed by atoms with Crippen LogP contribution >= 0.6 is 23.2 Å². The molecule has 5 nitrogen and oxygen atoms in total. The first-order valence-corrected chi connectivity index (χ1v) is 5.74.